The molecule has 1 unspecified atom stereocenters. The van der Waals surface area contributed by atoms with Gasteiger partial charge in [-0.1, -0.05) is 154 Å². The molecular weight excluding hydrogens is 494 g/mol. The van der Waals surface area contributed by atoms with Crippen molar-refractivity contribution in [2.75, 3.05) is 0 Å². The molecule has 0 aliphatic heterocycles. The molecule has 0 saturated carbocycles. The maximum absolute atomic E-state index is 3.86. The number of benzene rings is 4. The van der Waals surface area contributed by atoms with Crippen molar-refractivity contribution in [2.24, 2.45) is 10.8 Å². The Hall–Kier alpha value is -2.96. The molecule has 192 valence electrons. The van der Waals surface area contributed by atoms with Gasteiger partial charge in [0, 0.05) is 13.3 Å². The number of hydrogen-bond donors (Lipinski definition) is 0. The summed E-state index contributed by atoms with van der Waals surface area (Å²) in [5.41, 5.74) is 4.98. The van der Waals surface area contributed by atoms with Gasteiger partial charge in [0.15, 0.2) is 0 Å². The van der Waals surface area contributed by atoms with Crippen LogP contribution in [0.5, 0.6) is 0 Å². The van der Waals surface area contributed by atoms with Gasteiger partial charge in [-0.15, -0.1) is 0 Å². The van der Waals surface area contributed by atoms with Crippen molar-refractivity contribution in [1.29, 1.82) is 0 Å². The van der Waals surface area contributed by atoms with Crippen LogP contribution >= 0.6 is 15.8 Å². The second-order valence-electron chi connectivity index (χ2n) is 11.5. The predicted octanol–water partition coefficient (Wildman–Crippen LogP) is 9.35. The highest BCUT2D eigenvalue weighted by atomic mass is 31.1. The van der Waals surface area contributed by atoms with E-state index in [0.717, 1.165) is 0 Å². The van der Waals surface area contributed by atoms with Crippen molar-refractivity contribution in [3.63, 3.8) is 0 Å². The van der Waals surface area contributed by atoms with Crippen LogP contribution < -0.4 is 15.9 Å². The smallest absolute Gasteiger partial charge is 0.0315 e. The van der Waals surface area contributed by atoms with Gasteiger partial charge in [0.1, 0.15) is 0 Å². The lowest BCUT2D eigenvalue weighted by atomic mass is 9.94. The van der Waals surface area contributed by atoms with Crippen LogP contribution in [-0.4, -0.2) is 0 Å². The summed E-state index contributed by atoms with van der Waals surface area (Å²) in [4.78, 5) is 0. The van der Waals surface area contributed by atoms with E-state index < -0.39 is 15.8 Å². The monoisotopic (exact) mass is 532 g/mol. The maximum atomic E-state index is 3.86. The summed E-state index contributed by atoms with van der Waals surface area (Å²) in [6, 6.07) is 44.1. The lowest BCUT2D eigenvalue weighted by Gasteiger charge is -2.35. The van der Waals surface area contributed by atoms with Gasteiger partial charge in [-0.3, -0.25) is 0 Å². The van der Waals surface area contributed by atoms with Gasteiger partial charge in [-0.25, -0.2) is 0 Å². The van der Waals surface area contributed by atoms with E-state index >= 15 is 0 Å². The van der Waals surface area contributed by atoms with E-state index in [0.29, 0.717) is 0 Å². The van der Waals surface area contributed by atoms with E-state index in [2.05, 4.69) is 174 Å². The minimum atomic E-state index is -0.913. The van der Waals surface area contributed by atoms with Gasteiger partial charge >= 0.3 is 0 Å². The second-order valence-corrected chi connectivity index (χ2v) is 15.5. The molecule has 0 heterocycles. The molecule has 0 bridgehead atoms. The Labute approximate surface area is 232 Å². The summed E-state index contributed by atoms with van der Waals surface area (Å²) < 4.78 is 0. The normalized spacial score (nSPS) is 13.3. The van der Waals surface area contributed by atoms with Crippen LogP contribution in [0.15, 0.2) is 127 Å². The highest BCUT2D eigenvalue weighted by Crippen LogP contribution is 2.62. The van der Waals surface area contributed by atoms with Crippen LogP contribution in [0, 0.1) is 22.4 Å². The van der Waals surface area contributed by atoms with Crippen LogP contribution in [-0.2, 0) is 0 Å². The quantitative estimate of drug-likeness (QED) is 0.171. The largest absolute Gasteiger partial charge is 0.0921 e. The summed E-state index contributed by atoms with van der Waals surface area (Å²) in [7, 11) is -1.74. The third-order valence-electron chi connectivity index (χ3n) is 6.02. The molecule has 38 heavy (non-hydrogen) atoms. The first-order valence-electron chi connectivity index (χ1n) is 13.2. The zero-order valence-electron chi connectivity index (χ0n) is 23.4. The third-order valence-corrected chi connectivity index (χ3v) is 11.2. The van der Waals surface area contributed by atoms with Crippen LogP contribution in [0.25, 0.3) is 5.31 Å². The Balaban J connectivity index is 2.17. The Morgan fingerprint density at radius 2 is 0.921 bits per heavy atom. The highest BCUT2D eigenvalue weighted by molar-refractivity contribution is 7.84. The molecule has 0 aliphatic carbocycles. The minimum Gasteiger partial charge on any atom is -0.0921 e. The molecule has 4 rings (SSSR count). The van der Waals surface area contributed by atoms with Crippen LogP contribution in [0.2, 0.25) is 0 Å². The van der Waals surface area contributed by atoms with Crippen molar-refractivity contribution < 1.29 is 0 Å². The molecule has 0 N–H and O–H groups in total. The van der Waals surface area contributed by atoms with Crippen molar-refractivity contribution in [1.82, 2.24) is 0 Å². The van der Waals surface area contributed by atoms with Crippen LogP contribution in [0.1, 0.15) is 47.1 Å². The molecular formula is C36H38P2. The summed E-state index contributed by atoms with van der Waals surface area (Å²) in [5.74, 6) is 3.65. The molecule has 0 amide bonds. The summed E-state index contributed by atoms with van der Waals surface area (Å²) in [6.45, 7) is 13.7. The lowest BCUT2D eigenvalue weighted by molar-refractivity contribution is 0.534. The number of hydrogen-bond acceptors (Lipinski definition) is 0. The molecule has 0 saturated heterocycles. The van der Waals surface area contributed by atoms with E-state index in [4.69, 9.17) is 0 Å². The van der Waals surface area contributed by atoms with E-state index in [1.807, 2.05) is 0 Å². The van der Waals surface area contributed by atoms with Gasteiger partial charge in [-0.05, 0) is 66.2 Å². The summed E-state index contributed by atoms with van der Waals surface area (Å²) in [5, 5.41) is 6.93. The Bertz CT molecular complexity index is 1360. The molecule has 0 aromatic heterocycles. The molecule has 0 nitrogen and oxygen atoms in total. The SMILES string of the molecule is CC(C)(C)C#CP(/C(=C(/c1ccccc1)P(c1ccccc1)c1ccccc1)C(C)(C)C)c1ccccc1. The molecule has 0 fully saturated rings. The van der Waals surface area contributed by atoms with Crippen molar-refractivity contribution in [3.8, 4) is 11.6 Å². The van der Waals surface area contributed by atoms with E-state index in [9.17, 15) is 0 Å². The topological polar surface area (TPSA) is 0 Å². The summed E-state index contributed by atoms with van der Waals surface area (Å²) >= 11 is 0. The third kappa shape index (κ3) is 7.12. The molecule has 0 radical (unpaired) electrons. The number of rotatable bonds is 6. The summed E-state index contributed by atoms with van der Waals surface area (Å²) in [6.07, 6.45) is 0. The van der Waals surface area contributed by atoms with Gasteiger partial charge in [0.05, 0.1) is 0 Å². The zero-order valence-corrected chi connectivity index (χ0v) is 25.2. The second kappa shape index (κ2) is 12.3. The lowest BCUT2D eigenvalue weighted by Crippen LogP contribution is -2.19. The number of allylic oxidation sites excluding steroid dienone is 1. The fourth-order valence-corrected chi connectivity index (χ4v) is 10.1. The fraction of sp³-hybridized carbons (Fsp3) is 0.222. The van der Waals surface area contributed by atoms with E-state index in [1.54, 1.807) is 0 Å². The van der Waals surface area contributed by atoms with Gasteiger partial charge < -0.3 is 0 Å². The van der Waals surface area contributed by atoms with Crippen molar-refractivity contribution >= 4 is 37.1 Å². The van der Waals surface area contributed by atoms with Gasteiger partial charge in [0.2, 0.25) is 0 Å². The minimum absolute atomic E-state index is 0.0745. The first-order valence-corrected chi connectivity index (χ1v) is 15.9. The highest BCUT2D eigenvalue weighted by Gasteiger charge is 2.34. The average molecular weight is 533 g/mol. The Morgan fingerprint density at radius 1 is 0.526 bits per heavy atom. The molecule has 4 aromatic carbocycles. The molecule has 1 atom stereocenters. The van der Waals surface area contributed by atoms with E-state index in [-0.39, 0.29) is 10.8 Å². The predicted molar refractivity (Wildman–Crippen MR) is 172 cm³/mol. The standard InChI is InChI=1S/C36H38P2/c1-35(2,3)27-28-37(30-21-13-8-14-22-30)34(36(4,5)6)33(29-19-11-7-12-20-29)38(31-23-15-9-16-24-31)32-25-17-10-18-26-32/h7-26H,1-6H3/b34-33-. The first kappa shape index (κ1) is 28.1. The zero-order chi connectivity index (χ0) is 27.2. The Morgan fingerprint density at radius 3 is 1.32 bits per heavy atom. The maximum Gasteiger partial charge on any atom is 0.0315 e. The molecule has 0 spiro atoms. The van der Waals surface area contributed by atoms with Gasteiger partial charge in [-0.2, -0.15) is 0 Å². The molecule has 4 aromatic rings. The Kier molecular flexibility index (Phi) is 9.06. The van der Waals surface area contributed by atoms with Crippen molar-refractivity contribution in [2.45, 2.75) is 41.5 Å². The van der Waals surface area contributed by atoms with Gasteiger partial charge in [0.25, 0.3) is 0 Å². The average Bonchev–Trinajstić information content (AvgIpc) is 2.91. The first-order chi connectivity index (χ1) is 18.1. The molecule has 0 aliphatic rings. The van der Waals surface area contributed by atoms with Crippen LogP contribution in [0.4, 0.5) is 0 Å². The fourth-order valence-electron chi connectivity index (χ4n) is 4.38. The van der Waals surface area contributed by atoms with Crippen molar-refractivity contribution in [3.05, 3.63) is 132 Å². The van der Waals surface area contributed by atoms with E-state index in [1.165, 1.54) is 32.1 Å². The van der Waals surface area contributed by atoms with Crippen LogP contribution in [0.3, 0.4) is 0 Å². The molecule has 2 heteroatoms.